The van der Waals surface area contributed by atoms with Crippen LogP contribution in [0, 0.1) is 5.92 Å². The number of hydrogen-bond acceptors (Lipinski definition) is 5. The van der Waals surface area contributed by atoms with E-state index in [0.717, 1.165) is 17.7 Å². The molecule has 1 amide bonds. The predicted molar refractivity (Wildman–Crippen MR) is 114 cm³/mol. The fraction of sp³-hybridized carbons (Fsp3) is 0.417. The van der Waals surface area contributed by atoms with Crippen LogP contribution in [0.25, 0.3) is 0 Å². The highest BCUT2D eigenvalue weighted by molar-refractivity contribution is 5.95. The highest BCUT2D eigenvalue weighted by Gasteiger charge is 2.21. The fourth-order valence-electron chi connectivity index (χ4n) is 3.31. The van der Waals surface area contributed by atoms with E-state index in [1.54, 1.807) is 24.3 Å². The molecule has 0 aromatic heterocycles. The fourth-order valence-corrected chi connectivity index (χ4v) is 3.31. The number of rotatable bonds is 8. The molecule has 3 rings (SSSR count). The Hall–Kier alpha value is -3.02. The van der Waals surface area contributed by atoms with Gasteiger partial charge in [-0.2, -0.15) is 0 Å². The third kappa shape index (κ3) is 5.53. The Labute approximate surface area is 177 Å². The van der Waals surface area contributed by atoms with E-state index in [-0.39, 0.29) is 30.3 Å². The molecule has 0 spiro atoms. The molecule has 0 saturated carbocycles. The first-order valence-corrected chi connectivity index (χ1v) is 10.4. The van der Waals surface area contributed by atoms with Crippen LogP contribution in [0.15, 0.2) is 42.5 Å². The van der Waals surface area contributed by atoms with Crippen molar-refractivity contribution in [3.05, 3.63) is 53.6 Å². The third-order valence-electron chi connectivity index (χ3n) is 4.98. The highest BCUT2D eigenvalue weighted by Crippen LogP contribution is 2.34. The Bertz CT molecular complexity index is 876. The monoisotopic (exact) mass is 411 g/mol. The van der Waals surface area contributed by atoms with Crippen LogP contribution in [0.4, 0.5) is 0 Å². The van der Waals surface area contributed by atoms with E-state index in [9.17, 15) is 9.59 Å². The van der Waals surface area contributed by atoms with Crippen molar-refractivity contribution in [2.24, 2.45) is 5.92 Å². The number of fused-ring (bicyclic) bond motifs is 1. The molecular formula is C24H29NO5. The highest BCUT2D eigenvalue weighted by atomic mass is 16.5. The number of ketones is 1. The van der Waals surface area contributed by atoms with Gasteiger partial charge in [0.15, 0.2) is 23.9 Å². The number of Topliss-reactive ketones (excluding diaryl/α,β-unsaturated/α-hetero) is 1. The van der Waals surface area contributed by atoms with Gasteiger partial charge >= 0.3 is 0 Å². The predicted octanol–water partition coefficient (Wildman–Crippen LogP) is 4.33. The second kappa shape index (κ2) is 10.1. The first kappa shape index (κ1) is 21.7. The molecule has 1 N–H and O–H groups in total. The van der Waals surface area contributed by atoms with E-state index in [0.29, 0.717) is 36.7 Å². The Morgan fingerprint density at radius 3 is 2.40 bits per heavy atom. The number of carbonyl (C=O) groups excluding carboxylic acids is 2. The summed E-state index contributed by atoms with van der Waals surface area (Å²) in [5.74, 6) is 2.04. The molecule has 1 atom stereocenters. The number of benzene rings is 2. The van der Waals surface area contributed by atoms with Crippen molar-refractivity contribution in [1.82, 2.24) is 5.32 Å². The molecular weight excluding hydrogens is 382 g/mol. The zero-order valence-corrected chi connectivity index (χ0v) is 17.8. The second-order valence-corrected chi connectivity index (χ2v) is 7.64. The first-order valence-electron chi connectivity index (χ1n) is 10.4. The van der Waals surface area contributed by atoms with E-state index >= 15 is 0 Å². The molecule has 1 aliphatic rings. The van der Waals surface area contributed by atoms with E-state index in [4.69, 9.17) is 14.2 Å². The van der Waals surface area contributed by atoms with Crippen LogP contribution in [0.5, 0.6) is 17.2 Å². The van der Waals surface area contributed by atoms with Crippen molar-refractivity contribution in [3.8, 4) is 17.2 Å². The lowest BCUT2D eigenvalue weighted by atomic mass is 9.95. The molecule has 0 bridgehead atoms. The summed E-state index contributed by atoms with van der Waals surface area (Å²) in [7, 11) is 0. The van der Waals surface area contributed by atoms with Gasteiger partial charge in [0.05, 0.1) is 19.3 Å². The molecule has 30 heavy (non-hydrogen) atoms. The summed E-state index contributed by atoms with van der Waals surface area (Å²) in [6.07, 6.45) is 1.30. The number of nitrogens with one attached hydrogen (secondary N) is 1. The zero-order chi connectivity index (χ0) is 21.5. The summed E-state index contributed by atoms with van der Waals surface area (Å²) in [4.78, 5) is 24.2. The lowest BCUT2D eigenvalue weighted by molar-refractivity contribution is -0.124. The molecule has 160 valence electrons. The molecule has 0 fully saturated rings. The van der Waals surface area contributed by atoms with Crippen molar-refractivity contribution < 1.29 is 23.8 Å². The van der Waals surface area contributed by atoms with Gasteiger partial charge in [-0.25, -0.2) is 0 Å². The van der Waals surface area contributed by atoms with Gasteiger partial charge in [0.2, 0.25) is 0 Å². The van der Waals surface area contributed by atoms with Crippen molar-refractivity contribution in [3.63, 3.8) is 0 Å². The van der Waals surface area contributed by atoms with E-state index in [1.807, 2.05) is 25.1 Å². The summed E-state index contributed by atoms with van der Waals surface area (Å²) < 4.78 is 17.1. The van der Waals surface area contributed by atoms with Crippen LogP contribution >= 0.6 is 0 Å². The van der Waals surface area contributed by atoms with Crippen LogP contribution in [-0.4, -0.2) is 31.5 Å². The van der Waals surface area contributed by atoms with E-state index in [2.05, 4.69) is 19.2 Å². The SMILES string of the molecule is CCC(=O)c1ccc(OCC(=O)N[C@H](c2ccc3c(c2)OCCCO3)C(C)C)cc1. The maximum absolute atomic E-state index is 12.5. The molecule has 0 saturated heterocycles. The Balaban J connectivity index is 1.62. The second-order valence-electron chi connectivity index (χ2n) is 7.64. The lowest BCUT2D eigenvalue weighted by Crippen LogP contribution is -2.35. The van der Waals surface area contributed by atoms with Crippen LogP contribution < -0.4 is 19.5 Å². The molecule has 0 unspecified atom stereocenters. The van der Waals surface area contributed by atoms with Crippen molar-refractivity contribution in [1.29, 1.82) is 0 Å². The third-order valence-corrected chi connectivity index (χ3v) is 4.98. The minimum atomic E-state index is -0.213. The van der Waals surface area contributed by atoms with Gasteiger partial charge in [0.25, 0.3) is 5.91 Å². The first-order chi connectivity index (χ1) is 14.5. The Morgan fingerprint density at radius 2 is 1.73 bits per heavy atom. The number of carbonyl (C=O) groups is 2. The largest absolute Gasteiger partial charge is 0.490 e. The van der Waals surface area contributed by atoms with Gasteiger partial charge in [-0.05, 0) is 47.9 Å². The van der Waals surface area contributed by atoms with E-state index in [1.165, 1.54) is 0 Å². The molecule has 2 aromatic carbocycles. The van der Waals surface area contributed by atoms with Crippen LogP contribution in [0.1, 0.15) is 55.6 Å². The molecule has 6 heteroatoms. The Kier molecular flexibility index (Phi) is 7.33. The molecule has 1 heterocycles. The van der Waals surface area contributed by atoms with Crippen LogP contribution in [0.2, 0.25) is 0 Å². The standard InChI is InChI=1S/C24H29NO5/c1-4-20(26)17-6-9-19(10-7-17)30-15-23(27)25-24(16(2)3)18-8-11-21-22(14-18)29-13-5-12-28-21/h6-11,14,16,24H,4-5,12-13,15H2,1-3H3,(H,25,27)/t24-/m0/s1. The summed E-state index contributed by atoms with van der Waals surface area (Å²) in [5.41, 5.74) is 1.61. The molecule has 0 aliphatic carbocycles. The van der Waals surface area contributed by atoms with Crippen LogP contribution in [-0.2, 0) is 4.79 Å². The van der Waals surface area contributed by atoms with Crippen molar-refractivity contribution in [2.45, 2.75) is 39.7 Å². The normalized spacial score (nSPS) is 14.0. The number of ether oxygens (including phenoxy) is 3. The van der Waals surface area contributed by atoms with Crippen molar-refractivity contribution in [2.75, 3.05) is 19.8 Å². The number of amides is 1. The maximum atomic E-state index is 12.5. The Morgan fingerprint density at radius 1 is 1.03 bits per heavy atom. The number of hydrogen-bond donors (Lipinski definition) is 1. The molecule has 1 aliphatic heterocycles. The average molecular weight is 411 g/mol. The smallest absolute Gasteiger partial charge is 0.258 e. The van der Waals surface area contributed by atoms with Gasteiger partial charge in [-0.1, -0.05) is 26.8 Å². The zero-order valence-electron chi connectivity index (χ0n) is 17.8. The molecule has 0 radical (unpaired) electrons. The summed E-state index contributed by atoms with van der Waals surface area (Å²) in [6, 6.07) is 12.5. The lowest BCUT2D eigenvalue weighted by Gasteiger charge is -2.24. The van der Waals surface area contributed by atoms with E-state index < -0.39 is 0 Å². The van der Waals surface area contributed by atoms with Gasteiger partial charge < -0.3 is 19.5 Å². The van der Waals surface area contributed by atoms with Crippen molar-refractivity contribution >= 4 is 11.7 Å². The minimum absolute atomic E-state index is 0.0780. The van der Waals surface area contributed by atoms with Gasteiger partial charge in [0, 0.05) is 18.4 Å². The molecule has 6 nitrogen and oxygen atoms in total. The summed E-state index contributed by atoms with van der Waals surface area (Å²) in [6.45, 7) is 7.09. The topological polar surface area (TPSA) is 73.9 Å². The quantitative estimate of drug-likeness (QED) is 0.655. The summed E-state index contributed by atoms with van der Waals surface area (Å²) >= 11 is 0. The maximum Gasteiger partial charge on any atom is 0.258 e. The van der Waals surface area contributed by atoms with Gasteiger partial charge in [-0.15, -0.1) is 0 Å². The average Bonchev–Trinajstić information content (AvgIpc) is 3.00. The van der Waals surface area contributed by atoms with Gasteiger partial charge in [0.1, 0.15) is 5.75 Å². The molecule has 2 aromatic rings. The van der Waals surface area contributed by atoms with Gasteiger partial charge in [-0.3, -0.25) is 9.59 Å². The van der Waals surface area contributed by atoms with Crippen LogP contribution in [0.3, 0.4) is 0 Å². The summed E-state index contributed by atoms with van der Waals surface area (Å²) in [5, 5.41) is 3.05. The minimum Gasteiger partial charge on any atom is -0.490 e.